The molecule has 0 aliphatic heterocycles. The molecule has 6 nitrogen and oxygen atoms in total. The molecule has 0 aliphatic rings. The highest BCUT2D eigenvalue weighted by Crippen LogP contribution is 2.32. The van der Waals surface area contributed by atoms with Gasteiger partial charge < -0.3 is 5.11 Å². The lowest BCUT2D eigenvalue weighted by molar-refractivity contribution is -0.671. The highest BCUT2D eigenvalue weighted by molar-refractivity contribution is 7.11. The van der Waals surface area contributed by atoms with Gasteiger partial charge in [-0.3, -0.25) is 0 Å². The second kappa shape index (κ2) is 9.02. The van der Waals surface area contributed by atoms with Crippen molar-refractivity contribution in [2.45, 2.75) is 27.3 Å². The zero-order valence-corrected chi connectivity index (χ0v) is 20.7. The van der Waals surface area contributed by atoms with Crippen LogP contribution < -0.4 is 10.1 Å². The second-order valence-electron chi connectivity index (χ2n) is 8.71. The molecular weight excluding hydrogens is 475 g/mol. The first-order chi connectivity index (χ1) is 17.3. The van der Waals surface area contributed by atoms with Gasteiger partial charge >= 0.3 is 5.56 Å². The second-order valence-corrected chi connectivity index (χ2v) is 10.0. The predicted molar refractivity (Wildman–Crippen MR) is 136 cm³/mol. The highest BCUT2D eigenvalue weighted by atomic mass is 32.1. The lowest BCUT2D eigenvalue weighted by atomic mass is 9.96. The molecule has 36 heavy (non-hydrogen) atoms. The van der Waals surface area contributed by atoms with Gasteiger partial charge in [0.2, 0.25) is 0 Å². The van der Waals surface area contributed by atoms with Crippen LogP contribution in [0.25, 0.3) is 27.9 Å². The van der Waals surface area contributed by atoms with E-state index in [2.05, 4.69) is 11.1 Å². The molecule has 0 bridgehead atoms. The molecule has 1 N–H and O–H groups in total. The maximum absolute atomic E-state index is 14.8. The van der Waals surface area contributed by atoms with Crippen molar-refractivity contribution in [3.05, 3.63) is 104 Å². The molecule has 3 aromatic heterocycles. The van der Waals surface area contributed by atoms with Crippen LogP contribution in [0.5, 0.6) is 5.88 Å². The minimum Gasteiger partial charge on any atom is -0.477 e. The van der Waals surface area contributed by atoms with Crippen molar-refractivity contribution in [2.24, 2.45) is 0 Å². The van der Waals surface area contributed by atoms with Crippen LogP contribution in [0.2, 0.25) is 0 Å². The molecule has 2 aromatic carbocycles. The SMILES string of the molecule is Cc1ccc(-c2cc(C#N)cc(-c3c(O)[n+](Cc4cnc(C)s4)c4c(C)cccn4c3=O)c2)c(F)c1. The molecule has 0 unspecified atom stereocenters. The Morgan fingerprint density at radius 1 is 1.14 bits per heavy atom. The van der Waals surface area contributed by atoms with Gasteiger partial charge in [0, 0.05) is 17.3 Å². The van der Waals surface area contributed by atoms with Crippen LogP contribution in [0.4, 0.5) is 4.39 Å². The monoisotopic (exact) mass is 497 g/mol. The number of benzene rings is 2. The van der Waals surface area contributed by atoms with Crippen LogP contribution in [0.1, 0.15) is 26.6 Å². The molecule has 0 fully saturated rings. The summed E-state index contributed by atoms with van der Waals surface area (Å²) < 4.78 is 18.0. The summed E-state index contributed by atoms with van der Waals surface area (Å²) in [4.78, 5) is 18.9. The first-order valence-corrected chi connectivity index (χ1v) is 12.1. The molecule has 0 radical (unpaired) electrons. The minimum atomic E-state index is -0.437. The van der Waals surface area contributed by atoms with Crippen LogP contribution >= 0.6 is 11.3 Å². The van der Waals surface area contributed by atoms with Crippen LogP contribution in [0.15, 0.2) is 65.7 Å². The highest BCUT2D eigenvalue weighted by Gasteiger charge is 2.27. The van der Waals surface area contributed by atoms with E-state index in [4.69, 9.17) is 0 Å². The Labute approximate surface area is 210 Å². The van der Waals surface area contributed by atoms with Crippen molar-refractivity contribution < 1.29 is 14.1 Å². The number of pyridine rings is 1. The Kier molecular flexibility index (Phi) is 5.86. The third-order valence-corrected chi connectivity index (χ3v) is 7.00. The Morgan fingerprint density at radius 2 is 1.92 bits per heavy atom. The molecule has 0 saturated carbocycles. The van der Waals surface area contributed by atoms with E-state index < -0.39 is 11.4 Å². The van der Waals surface area contributed by atoms with Gasteiger partial charge in [0.15, 0.2) is 5.56 Å². The van der Waals surface area contributed by atoms with Crippen molar-refractivity contribution in [3.8, 4) is 34.2 Å². The van der Waals surface area contributed by atoms with Gasteiger partial charge in [-0.1, -0.05) is 12.1 Å². The zero-order chi connectivity index (χ0) is 25.6. The zero-order valence-electron chi connectivity index (χ0n) is 19.9. The number of halogens is 1. The van der Waals surface area contributed by atoms with E-state index in [1.54, 1.807) is 54.2 Å². The van der Waals surface area contributed by atoms with E-state index in [-0.39, 0.29) is 17.0 Å². The number of fused-ring (bicyclic) bond motifs is 1. The summed E-state index contributed by atoms with van der Waals surface area (Å²) in [6, 6.07) is 15.3. The van der Waals surface area contributed by atoms with Crippen molar-refractivity contribution in [1.82, 2.24) is 9.38 Å². The largest absolute Gasteiger partial charge is 0.477 e. The predicted octanol–water partition coefficient (Wildman–Crippen LogP) is 5.07. The molecule has 178 valence electrons. The molecule has 3 heterocycles. The Bertz CT molecular complexity index is 1760. The maximum atomic E-state index is 14.8. The van der Waals surface area contributed by atoms with Crippen molar-refractivity contribution >= 4 is 17.0 Å². The fraction of sp³-hybridized carbons (Fsp3) is 0.143. The summed E-state index contributed by atoms with van der Waals surface area (Å²) in [7, 11) is 0. The Morgan fingerprint density at radius 3 is 2.61 bits per heavy atom. The van der Waals surface area contributed by atoms with Crippen molar-refractivity contribution in [2.75, 3.05) is 0 Å². The number of aromatic hydroxyl groups is 1. The topological polar surface area (TPSA) is 82.3 Å². The molecule has 5 rings (SSSR count). The van der Waals surface area contributed by atoms with Gasteiger partial charge in [-0.05, 0) is 73.9 Å². The first kappa shape index (κ1) is 23.4. The smallest absolute Gasteiger partial charge is 0.354 e. The number of thiazole rings is 1. The normalized spacial score (nSPS) is 11.1. The van der Waals surface area contributed by atoms with Crippen LogP contribution in [0.3, 0.4) is 0 Å². The van der Waals surface area contributed by atoms with E-state index in [1.165, 1.54) is 27.9 Å². The van der Waals surface area contributed by atoms with E-state index in [0.29, 0.717) is 28.9 Å². The van der Waals surface area contributed by atoms with Gasteiger partial charge in [-0.2, -0.15) is 14.2 Å². The maximum Gasteiger partial charge on any atom is 0.354 e. The molecule has 0 atom stereocenters. The molecule has 0 aliphatic carbocycles. The first-order valence-electron chi connectivity index (χ1n) is 11.3. The summed E-state index contributed by atoms with van der Waals surface area (Å²) >= 11 is 1.50. The number of rotatable bonds is 4. The molecule has 0 amide bonds. The number of hydrogen-bond acceptors (Lipinski definition) is 5. The van der Waals surface area contributed by atoms with Gasteiger partial charge in [-0.25, -0.2) is 14.2 Å². The third-order valence-electron chi connectivity index (χ3n) is 6.10. The van der Waals surface area contributed by atoms with Crippen LogP contribution in [-0.2, 0) is 6.54 Å². The summed E-state index contributed by atoms with van der Waals surface area (Å²) in [5.74, 6) is -0.660. The van der Waals surface area contributed by atoms with Crippen molar-refractivity contribution in [1.29, 1.82) is 5.26 Å². The van der Waals surface area contributed by atoms with E-state index >= 15 is 0 Å². The fourth-order valence-corrected chi connectivity index (χ4v) is 5.23. The van der Waals surface area contributed by atoms with E-state index in [9.17, 15) is 19.6 Å². The van der Waals surface area contributed by atoms with Crippen LogP contribution in [0, 0.1) is 37.9 Å². The Balaban J connectivity index is 1.81. The number of aromatic nitrogens is 3. The average Bonchev–Trinajstić information content (AvgIpc) is 3.26. The summed E-state index contributed by atoms with van der Waals surface area (Å²) in [6.45, 7) is 5.87. The van der Waals surface area contributed by atoms with Gasteiger partial charge in [0.05, 0.1) is 27.7 Å². The number of hydrogen-bond donors (Lipinski definition) is 1. The minimum absolute atomic E-state index is 0.0326. The molecule has 5 aromatic rings. The number of nitrogens with zero attached hydrogens (tertiary/aromatic N) is 4. The third kappa shape index (κ3) is 4.04. The number of nitriles is 1. The quantitative estimate of drug-likeness (QED) is 0.352. The van der Waals surface area contributed by atoms with Gasteiger partial charge in [0.1, 0.15) is 12.4 Å². The lowest BCUT2D eigenvalue weighted by Crippen LogP contribution is -2.41. The van der Waals surface area contributed by atoms with E-state index in [1.807, 2.05) is 19.9 Å². The lowest BCUT2D eigenvalue weighted by Gasteiger charge is -2.12. The Hall–Kier alpha value is -4.35. The molecule has 0 spiro atoms. The van der Waals surface area contributed by atoms with E-state index in [0.717, 1.165) is 21.0 Å². The molecule has 8 heteroatoms. The standard InChI is InChI=1S/C28H21FN4O2S/c1-16-6-7-23(24(29)9-16)20-10-19(13-30)11-21(12-20)25-27(34)32-8-4-5-17(2)26(32)33(28(25)35)15-22-14-31-18(3)36-22/h4-12,14H,15H2,1-3H3/p+1. The summed E-state index contributed by atoms with van der Waals surface area (Å²) in [5.41, 5.74) is 3.06. The van der Waals surface area contributed by atoms with Gasteiger partial charge in [0.25, 0.3) is 11.5 Å². The fourth-order valence-electron chi connectivity index (χ4n) is 4.45. The van der Waals surface area contributed by atoms with Crippen LogP contribution in [-0.4, -0.2) is 14.5 Å². The summed E-state index contributed by atoms with van der Waals surface area (Å²) in [5, 5.41) is 22.1. The average molecular weight is 498 g/mol. The van der Waals surface area contributed by atoms with Crippen molar-refractivity contribution in [3.63, 3.8) is 0 Å². The number of aryl methyl sites for hydroxylation is 3. The molecular formula is C28H22FN4O2S+. The molecule has 0 saturated heterocycles. The summed E-state index contributed by atoms with van der Waals surface area (Å²) in [6.07, 6.45) is 3.40. The van der Waals surface area contributed by atoms with Gasteiger partial charge in [-0.15, -0.1) is 11.3 Å².